The van der Waals surface area contributed by atoms with Gasteiger partial charge in [0.15, 0.2) is 5.11 Å². The lowest BCUT2D eigenvalue weighted by Gasteiger charge is -2.11. The Balaban J connectivity index is 1.94. The Morgan fingerprint density at radius 3 is 2.43 bits per heavy atom. The molecule has 0 heterocycles. The van der Waals surface area contributed by atoms with Gasteiger partial charge in [-0.1, -0.05) is 24.3 Å². The highest BCUT2D eigenvalue weighted by atomic mass is 32.2. The Labute approximate surface area is 133 Å². The summed E-state index contributed by atoms with van der Waals surface area (Å²) in [6.07, 6.45) is 0. The number of nitrogens with one attached hydrogen (secondary N) is 2. The van der Waals surface area contributed by atoms with Crippen molar-refractivity contribution >= 4 is 46.4 Å². The van der Waals surface area contributed by atoms with Crippen LogP contribution < -0.4 is 16.4 Å². The van der Waals surface area contributed by atoms with E-state index in [0.29, 0.717) is 5.11 Å². The van der Waals surface area contributed by atoms with E-state index in [9.17, 15) is 4.79 Å². The molecular formula is C15H15N3OS2. The van der Waals surface area contributed by atoms with Gasteiger partial charge in [0.05, 0.1) is 5.75 Å². The number of nitrogens with two attached hydrogens (primary N) is 1. The number of hydrogen-bond acceptors (Lipinski definition) is 3. The van der Waals surface area contributed by atoms with Gasteiger partial charge in [0.2, 0.25) is 5.91 Å². The quantitative estimate of drug-likeness (QED) is 0.584. The third kappa shape index (κ3) is 5.45. The van der Waals surface area contributed by atoms with Crippen LogP contribution in [0.2, 0.25) is 0 Å². The number of amides is 1. The summed E-state index contributed by atoms with van der Waals surface area (Å²) in [5, 5.41) is 6.72. The Bertz CT molecular complexity index is 632. The molecule has 1 amide bonds. The lowest BCUT2D eigenvalue weighted by Crippen LogP contribution is -2.19. The second-order valence-corrected chi connectivity index (χ2v) is 5.68. The minimum absolute atomic E-state index is 0.260. The number of hydrogen-bond donors (Lipinski definition) is 3. The molecule has 0 aliphatic carbocycles. The average molecular weight is 317 g/mol. The summed E-state index contributed by atoms with van der Waals surface area (Å²) in [4.78, 5) is 11.8. The molecule has 0 spiro atoms. The summed E-state index contributed by atoms with van der Waals surface area (Å²) in [5.41, 5.74) is 6.92. The Morgan fingerprint density at radius 2 is 1.71 bits per heavy atom. The van der Waals surface area contributed by atoms with E-state index in [-0.39, 0.29) is 11.7 Å². The largest absolute Gasteiger partial charge is 0.369 e. The van der Waals surface area contributed by atoms with E-state index >= 15 is 0 Å². The van der Waals surface area contributed by atoms with Gasteiger partial charge >= 0.3 is 0 Å². The van der Waals surface area contributed by atoms with E-state index in [1.54, 1.807) is 0 Å². The third-order valence-corrected chi connectivity index (χ3v) is 3.72. The van der Waals surface area contributed by atoms with Crippen LogP contribution in [0.15, 0.2) is 59.5 Å². The molecule has 0 aromatic heterocycles. The Kier molecular flexibility index (Phi) is 5.59. The van der Waals surface area contributed by atoms with Crippen molar-refractivity contribution in [2.75, 3.05) is 16.4 Å². The van der Waals surface area contributed by atoms with Gasteiger partial charge < -0.3 is 16.4 Å². The first-order chi connectivity index (χ1) is 10.1. The molecule has 0 aliphatic heterocycles. The van der Waals surface area contributed by atoms with Crippen molar-refractivity contribution in [2.24, 2.45) is 5.73 Å². The molecule has 6 heteroatoms. The average Bonchev–Trinajstić information content (AvgIpc) is 2.46. The number of primary amides is 1. The molecule has 0 unspecified atom stereocenters. The van der Waals surface area contributed by atoms with Crippen molar-refractivity contribution in [3.05, 3.63) is 54.6 Å². The maximum Gasteiger partial charge on any atom is 0.227 e. The molecule has 0 atom stereocenters. The van der Waals surface area contributed by atoms with Crippen LogP contribution >= 0.6 is 24.0 Å². The molecule has 0 fully saturated rings. The molecule has 21 heavy (non-hydrogen) atoms. The van der Waals surface area contributed by atoms with Gasteiger partial charge in [-0.25, -0.2) is 0 Å². The van der Waals surface area contributed by atoms with Crippen LogP contribution in [-0.4, -0.2) is 16.8 Å². The SMILES string of the molecule is NC(=O)CSc1cccc(NC(=S)Nc2ccccc2)c1. The van der Waals surface area contributed by atoms with E-state index in [2.05, 4.69) is 10.6 Å². The molecular weight excluding hydrogens is 302 g/mol. The van der Waals surface area contributed by atoms with E-state index in [1.165, 1.54) is 11.8 Å². The van der Waals surface area contributed by atoms with E-state index < -0.39 is 0 Å². The van der Waals surface area contributed by atoms with Gasteiger partial charge in [0, 0.05) is 16.3 Å². The lowest BCUT2D eigenvalue weighted by atomic mass is 10.3. The zero-order valence-electron chi connectivity index (χ0n) is 11.2. The number of thioether (sulfide) groups is 1. The van der Waals surface area contributed by atoms with Crippen LogP contribution in [0.3, 0.4) is 0 Å². The highest BCUT2D eigenvalue weighted by Crippen LogP contribution is 2.21. The highest BCUT2D eigenvalue weighted by Gasteiger charge is 2.02. The molecule has 0 aliphatic rings. The fourth-order valence-corrected chi connectivity index (χ4v) is 2.56. The fourth-order valence-electron chi connectivity index (χ4n) is 1.63. The van der Waals surface area contributed by atoms with Gasteiger partial charge in [0.1, 0.15) is 0 Å². The first-order valence-corrected chi connectivity index (χ1v) is 7.67. The van der Waals surface area contributed by atoms with Gasteiger partial charge in [0.25, 0.3) is 0 Å². The van der Waals surface area contributed by atoms with Crippen LogP contribution in [-0.2, 0) is 4.79 Å². The van der Waals surface area contributed by atoms with Gasteiger partial charge in [-0.2, -0.15) is 0 Å². The third-order valence-electron chi connectivity index (χ3n) is 2.50. The second-order valence-electron chi connectivity index (χ2n) is 4.23. The topological polar surface area (TPSA) is 67.2 Å². The van der Waals surface area contributed by atoms with E-state index in [0.717, 1.165) is 16.3 Å². The maximum absolute atomic E-state index is 10.8. The van der Waals surface area contributed by atoms with Crippen LogP contribution in [0, 0.1) is 0 Å². The van der Waals surface area contributed by atoms with Gasteiger partial charge in [-0.05, 0) is 42.5 Å². The molecule has 2 aromatic carbocycles. The van der Waals surface area contributed by atoms with Crippen molar-refractivity contribution in [1.82, 2.24) is 0 Å². The first-order valence-electron chi connectivity index (χ1n) is 6.28. The summed E-state index contributed by atoms with van der Waals surface area (Å²) in [5.74, 6) is -0.0736. The monoisotopic (exact) mass is 317 g/mol. The van der Waals surface area contributed by atoms with Crippen molar-refractivity contribution in [2.45, 2.75) is 4.90 Å². The Hall–Kier alpha value is -2.05. The zero-order valence-corrected chi connectivity index (χ0v) is 12.8. The van der Waals surface area contributed by atoms with Crippen molar-refractivity contribution in [3.63, 3.8) is 0 Å². The lowest BCUT2D eigenvalue weighted by molar-refractivity contribution is -0.115. The smallest absolute Gasteiger partial charge is 0.227 e. The molecule has 0 bridgehead atoms. The van der Waals surface area contributed by atoms with Crippen LogP contribution in [0.25, 0.3) is 0 Å². The minimum Gasteiger partial charge on any atom is -0.369 e. The maximum atomic E-state index is 10.8. The first kappa shape index (κ1) is 15.3. The summed E-state index contributed by atoms with van der Waals surface area (Å²) in [7, 11) is 0. The number of benzene rings is 2. The van der Waals surface area contributed by atoms with Crippen LogP contribution in [0.5, 0.6) is 0 Å². The molecule has 0 saturated carbocycles. The van der Waals surface area contributed by atoms with Crippen molar-refractivity contribution in [1.29, 1.82) is 0 Å². The normalized spacial score (nSPS) is 9.90. The molecule has 0 saturated heterocycles. The molecule has 108 valence electrons. The minimum atomic E-state index is -0.334. The number of thiocarbonyl (C=S) groups is 1. The standard InChI is InChI=1S/C15H15N3OS2/c16-14(19)10-21-13-8-4-7-12(9-13)18-15(20)17-11-5-2-1-3-6-11/h1-9H,10H2,(H2,16,19)(H2,17,18,20). The number of anilines is 2. The highest BCUT2D eigenvalue weighted by molar-refractivity contribution is 8.00. The number of rotatable bonds is 5. The predicted octanol–water partition coefficient (Wildman–Crippen LogP) is 3.07. The van der Waals surface area contributed by atoms with Gasteiger partial charge in [-0.3, -0.25) is 4.79 Å². The number of carbonyl (C=O) groups is 1. The molecule has 0 radical (unpaired) electrons. The summed E-state index contributed by atoms with van der Waals surface area (Å²) >= 11 is 6.66. The molecule has 2 aromatic rings. The summed E-state index contributed by atoms with van der Waals surface area (Å²) < 4.78 is 0. The van der Waals surface area contributed by atoms with Crippen LogP contribution in [0.4, 0.5) is 11.4 Å². The number of para-hydroxylation sites is 1. The summed E-state index contributed by atoms with van der Waals surface area (Å²) in [6.45, 7) is 0. The summed E-state index contributed by atoms with van der Waals surface area (Å²) in [6, 6.07) is 17.3. The number of carbonyl (C=O) groups excluding carboxylic acids is 1. The van der Waals surface area contributed by atoms with E-state index in [4.69, 9.17) is 18.0 Å². The van der Waals surface area contributed by atoms with Crippen LogP contribution in [0.1, 0.15) is 0 Å². The second kappa shape index (κ2) is 7.66. The van der Waals surface area contributed by atoms with Crippen molar-refractivity contribution < 1.29 is 4.79 Å². The molecule has 4 N–H and O–H groups in total. The Morgan fingerprint density at radius 1 is 1.05 bits per heavy atom. The van der Waals surface area contributed by atoms with Crippen molar-refractivity contribution in [3.8, 4) is 0 Å². The molecule has 2 rings (SSSR count). The predicted molar refractivity (Wildman–Crippen MR) is 92.6 cm³/mol. The van der Waals surface area contributed by atoms with E-state index in [1.807, 2.05) is 54.6 Å². The van der Waals surface area contributed by atoms with Gasteiger partial charge in [-0.15, -0.1) is 11.8 Å². The fraction of sp³-hybridized carbons (Fsp3) is 0.0667. The zero-order chi connectivity index (χ0) is 15.1. The molecule has 4 nitrogen and oxygen atoms in total.